The number of benzene rings is 2. The standard InChI is InChI=1S/C20H22O4/c1-21-16-9-7-15(8-10-16)20-22-13-19-18(24-20)12-11-17(23-19)14-5-3-2-4-6-14/h2-10,17-20H,11-13H2,1H3/t17-,18+,19-,20-/m1/s1. The maximum absolute atomic E-state index is 6.23. The second-order valence-electron chi connectivity index (χ2n) is 6.26. The first kappa shape index (κ1) is 15.6. The fraction of sp³-hybridized carbons (Fsp3) is 0.400. The highest BCUT2D eigenvalue weighted by Gasteiger charge is 2.38. The number of methoxy groups -OCH3 is 1. The highest BCUT2D eigenvalue weighted by molar-refractivity contribution is 5.28. The van der Waals surface area contributed by atoms with Gasteiger partial charge in [0.05, 0.1) is 25.9 Å². The molecule has 0 radical (unpaired) electrons. The monoisotopic (exact) mass is 326 g/mol. The predicted molar refractivity (Wildman–Crippen MR) is 89.9 cm³/mol. The molecule has 4 atom stereocenters. The molecule has 0 amide bonds. The van der Waals surface area contributed by atoms with E-state index < -0.39 is 0 Å². The van der Waals surface area contributed by atoms with Crippen LogP contribution in [0.15, 0.2) is 54.6 Å². The normalized spacial score (nSPS) is 29.7. The predicted octanol–water partition coefficient (Wildman–Crippen LogP) is 4.03. The molecule has 4 rings (SSSR count). The molecule has 2 aromatic carbocycles. The Bertz CT molecular complexity index is 655. The Morgan fingerprint density at radius 1 is 0.833 bits per heavy atom. The van der Waals surface area contributed by atoms with Gasteiger partial charge in [0.1, 0.15) is 11.9 Å². The fourth-order valence-electron chi connectivity index (χ4n) is 3.40. The number of ether oxygens (including phenoxy) is 4. The number of hydrogen-bond acceptors (Lipinski definition) is 4. The largest absolute Gasteiger partial charge is 0.497 e. The lowest BCUT2D eigenvalue weighted by molar-refractivity contribution is -0.289. The Kier molecular flexibility index (Phi) is 4.52. The Hall–Kier alpha value is -1.88. The van der Waals surface area contributed by atoms with Crippen molar-refractivity contribution in [2.45, 2.75) is 37.4 Å². The van der Waals surface area contributed by atoms with Crippen molar-refractivity contribution < 1.29 is 18.9 Å². The summed E-state index contributed by atoms with van der Waals surface area (Å²) in [7, 11) is 1.66. The molecule has 2 fully saturated rings. The van der Waals surface area contributed by atoms with E-state index in [2.05, 4.69) is 24.3 Å². The van der Waals surface area contributed by atoms with Crippen molar-refractivity contribution in [3.63, 3.8) is 0 Å². The molecule has 0 unspecified atom stereocenters. The summed E-state index contributed by atoms with van der Waals surface area (Å²) in [6.07, 6.45) is 1.86. The average Bonchev–Trinajstić information content (AvgIpc) is 2.68. The summed E-state index contributed by atoms with van der Waals surface area (Å²) in [5, 5.41) is 0. The van der Waals surface area contributed by atoms with Crippen LogP contribution in [0.1, 0.15) is 36.4 Å². The van der Waals surface area contributed by atoms with Gasteiger partial charge in [0, 0.05) is 5.56 Å². The Balaban J connectivity index is 1.40. The maximum atomic E-state index is 6.23. The molecule has 4 nitrogen and oxygen atoms in total. The van der Waals surface area contributed by atoms with Crippen LogP contribution in [-0.4, -0.2) is 25.9 Å². The molecule has 4 heteroatoms. The maximum Gasteiger partial charge on any atom is 0.184 e. The van der Waals surface area contributed by atoms with Crippen LogP contribution in [0.3, 0.4) is 0 Å². The van der Waals surface area contributed by atoms with E-state index in [0.717, 1.165) is 24.2 Å². The molecule has 2 aliphatic rings. The summed E-state index contributed by atoms with van der Waals surface area (Å²) in [5.41, 5.74) is 2.24. The summed E-state index contributed by atoms with van der Waals surface area (Å²) in [6.45, 7) is 0.560. The van der Waals surface area contributed by atoms with Gasteiger partial charge in [-0.2, -0.15) is 0 Å². The minimum Gasteiger partial charge on any atom is -0.497 e. The van der Waals surface area contributed by atoms with Gasteiger partial charge in [-0.25, -0.2) is 0 Å². The van der Waals surface area contributed by atoms with Crippen LogP contribution in [0.2, 0.25) is 0 Å². The molecular weight excluding hydrogens is 304 g/mol. The van der Waals surface area contributed by atoms with E-state index in [0.29, 0.717) is 6.61 Å². The minimum atomic E-state index is -0.325. The zero-order valence-electron chi connectivity index (χ0n) is 13.8. The number of fused-ring (bicyclic) bond motifs is 1. The van der Waals surface area contributed by atoms with E-state index in [1.165, 1.54) is 5.56 Å². The highest BCUT2D eigenvalue weighted by atomic mass is 16.7. The van der Waals surface area contributed by atoms with Crippen molar-refractivity contribution in [1.82, 2.24) is 0 Å². The van der Waals surface area contributed by atoms with Crippen LogP contribution in [-0.2, 0) is 14.2 Å². The van der Waals surface area contributed by atoms with Crippen LogP contribution in [0.25, 0.3) is 0 Å². The van der Waals surface area contributed by atoms with E-state index in [-0.39, 0.29) is 24.6 Å². The first-order valence-electron chi connectivity index (χ1n) is 8.45. The van der Waals surface area contributed by atoms with Gasteiger partial charge in [-0.3, -0.25) is 0 Å². The topological polar surface area (TPSA) is 36.9 Å². The van der Waals surface area contributed by atoms with Gasteiger partial charge in [-0.1, -0.05) is 42.5 Å². The smallest absolute Gasteiger partial charge is 0.184 e. The van der Waals surface area contributed by atoms with Crippen LogP contribution in [0, 0.1) is 0 Å². The Labute approximate surface area is 142 Å². The molecule has 0 aliphatic carbocycles. The van der Waals surface area contributed by atoms with Crippen molar-refractivity contribution in [2.75, 3.05) is 13.7 Å². The zero-order chi connectivity index (χ0) is 16.4. The van der Waals surface area contributed by atoms with Crippen molar-refractivity contribution in [1.29, 1.82) is 0 Å². The van der Waals surface area contributed by atoms with Gasteiger partial charge in [-0.15, -0.1) is 0 Å². The molecule has 0 spiro atoms. The van der Waals surface area contributed by atoms with Gasteiger partial charge >= 0.3 is 0 Å². The SMILES string of the molecule is COc1ccc([C@@H]2OC[C@H]3O[C@@H](c4ccccc4)CC[C@@H]3O2)cc1. The summed E-state index contributed by atoms with van der Waals surface area (Å²) in [5.74, 6) is 0.833. The van der Waals surface area contributed by atoms with Crippen LogP contribution >= 0.6 is 0 Å². The van der Waals surface area contributed by atoms with E-state index >= 15 is 0 Å². The lowest BCUT2D eigenvalue weighted by Crippen LogP contribution is -2.45. The second-order valence-corrected chi connectivity index (χ2v) is 6.26. The van der Waals surface area contributed by atoms with Gasteiger partial charge in [-0.05, 0) is 30.5 Å². The molecule has 2 saturated heterocycles. The second kappa shape index (κ2) is 6.93. The Morgan fingerprint density at radius 2 is 1.62 bits per heavy atom. The Morgan fingerprint density at radius 3 is 2.38 bits per heavy atom. The molecule has 0 aromatic heterocycles. The molecule has 2 heterocycles. The quantitative estimate of drug-likeness (QED) is 0.853. The van der Waals surface area contributed by atoms with Crippen molar-refractivity contribution >= 4 is 0 Å². The molecule has 24 heavy (non-hydrogen) atoms. The van der Waals surface area contributed by atoms with E-state index in [1.807, 2.05) is 30.3 Å². The summed E-state index contributed by atoms with van der Waals surface area (Å²) in [4.78, 5) is 0. The minimum absolute atomic E-state index is 0.00143. The number of hydrogen-bond donors (Lipinski definition) is 0. The molecule has 0 N–H and O–H groups in total. The first-order valence-corrected chi connectivity index (χ1v) is 8.45. The molecular formula is C20H22O4. The van der Waals surface area contributed by atoms with Crippen molar-refractivity contribution in [2.24, 2.45) is 0 Å². The first-order chi connectivity index (χ1) is 11.8. The fourth-order valence-corrected chi connectivity index (χ4v) is 3.40. The molecule has 0 saturated carbocycles. The van der Waals surface area contributed by atoms with E-state index in [4.69, 9.17) is 18.9 Å². The average molecular weight is 326 g/mol. The van der Waals surface area contributed by atoms with E-state index in [9.17, 15) is 0 Å². The van der Waals surface area contributed by atoms with Crippen LogP contribution < -0.4 is 4.74 Å². The lowest BCUT2D eigenvalue weighted by atomic mass is 9.96. The number of rotatable bonds is 3. The molecule has 0 bridgehead atoms. The van der Waals surface area contributed by atoms with Gasteiger partial charge in [0.15, 0.2) is 6.29 Å². The summed E-state index contributed by atoms with van der Waals surface area (Å²) in [6, 6.07) is 18.2. The molecule has 2 aromatic rings. The third-order valence-electron chi connectivity index (χ3n) is 4.74. The summed E-state index contributed by atoms with van der Waals surface area (Å²) < 4.78 is 23.5. The van der Waals surface area contributed by atoms with Crippen LogP contribution in [0.4, 0.5) is 0 Å². The van der Waals surface area contributed by atoms with E-state index in [1.54, 1.807) is 7.11 Å². The zero-order valence-corrected chi connectivity index (χ0v) is 13.8. The molecule has 126 valence electrons. The summed E-state index contributed by atoms with van der Waals surface area (Å²) >= 11 is 0. The lowest BCUT2D eigenvalue weighted by Gasteiger charge is -2.42. The van der Waals surface area contributed by atoms with Gasteiger partial charge in [0.2, 0.25) is 0 Å². The molecule has 2 aliphatic heterocycles. The third-order valence-corrected chi connectivity index (χ3v) is 4.74. The highest BCUT2D eigenvalue weighted by Crippen LogP contribution is 2.38. The van der Waals surface area contributed by atoms with Crippen molar-refractivity contribution in [3.8, 4) is 5.75 Å². The van der Waals surface area contributed by atoms with Crippen molar-refractivity contribution in [3.05, 3.63) is 65.7 Å². The van der Waals surface area contributed by atoms with Crippen LogP contribution in [0.5, 0.6) is 5.75 Å². The van der Waals surface area contributed by atoms with Gasteiger partial charge in [0.25, 0.3) is 0 Å². The van der Waals surface area contributed by atoms with Gasteiger partial charge < -0.3 is 18.9 Å². The third kappa shape index (κ3) is 3.18.